The number of rotatable bonds is 3. The maximum absolute atomic E-state index is 12.5. The summed E-state index contributed by atoms with van der Waals surface area (Å²) in [4.78, 5) is 39.6. The van der Waals surface area contributed by atoms with Crippen LogP contribution in [0.5, 0.6) is 0 Å². The monoisotopic (exact) mass is 356 g/mol. The Labute approximate surface area is 153 Å². The van der Waals surface area contributed by atoms with Gasteiger partial charge in [0.15, 0.2) is 0 Å². The first-order valence-electron chi connectivity index (χ1n) is 8.92. The van der Waals surface area contributed by atoms with E-state index in [1.807, 2.05) is 24.0 Å². The highest BCUT2D eigenvalue weighted by atomic mass is 16.2. The summed E-state index contributed by atoms with van der Waals surface area (Å²) in [6, 6.07) is 6.09. The van der Waals surface area contributed by atoms with Crippen LogP contribution in [-0.4, -0.2) is 59.4 Å². The van der Waals surface area contributed by atoms with Gasteiger partial charge in [0.2, 0.25) is 11.8 Å². The molecule has 1 fully saturated rings. The van der Waals surface area contributed by atoms with Gasteiger partial charge in [0.25, 0.3) is 5.91 Å². The summed E-state index contributed by atoms with van der Waals surface area (Å²) in [5, 5.41) is 3.86. The zero-order valence-corrected chi connectivity index (χ0v) is 15.2. The SMILES string of the molecule is Cc1ccc(CC(=O)N2CCN(C(=O)C3=NNC(=O)CC3)CC2)cc1C. The normalized spacial score (nSPS) is 17.6. The highest BCUT2D eigenvalue weighted by Crippen LogP contribution is 2.13. The fourth-order valence-electron chi connectivity index (χ4n) is 3.17. The summed E-state index contributed by atoms with van der Waals surface area (Å²) < 4.78 is 0. The van der Waals surface area contributed by atoms with Crippen LogP contribution < -0.4 is 5.43 Å². The van der Waals surface area contributed by atoms with Crippen molar-refractivity contribution in [1.29, 1.82) is 0 Å². The molecule has 2 aliphatic heterocycles. The van der Waals surface area contributed by atoms with Crippen LogP contribution in [0.15, 0.2) is 23.3 Å². The molecule has 2 aliphatic rings. The van der Waals surface area contributed by atoms with E-state index in [-0.39, 0.29) is 17.7 Å². The van der Waals surface area contributed by atoms with E-state index in [2.05, 4.69) is 23.5 Å². The van der Waals surface area contributed by atoms with Gasteiger partial charge in [0, 0.05) is 39.0 Å². The Balaban J connectivity index is 1.53. The lowest BCUT2D eigenvalue weighted by molar-refractivity contribution is -0.136. The summed E-state index contributed by atoms with van der Waals surface area (Å²) in [5.74, 6) is -0.225. The van der Waals surface area contributed by atoms with E-state index in [0.717, 1.165) is 5.56 Å². The van der Waals surface area contributed by atoms with Crippen molar-refractivity contribution >= 4 is 23.4 Å². The predicted octanol–water partition coefficient (Wildman–Crippen LogP) is 0.783. The Morgan fingerprint density at radius 3 is 2.35 bits per heavy atom. The lowest BCUT2D eigenvalue weighted by Gasteiger charge is -2.35. The van der Waals surface area contributed by atoms with Crippen LogP contribution in [0, 0.1) is 13.8 Å². The third-order valence-corrected chi connectivity index (χ3v) is 5.00. The molecular weight excluding hydrogens is 332 g/mol. The third kappa shape index (κ3) is 4.09. The number of piperazine rings is 1. The Bertz CT molecular complexity index is 764. The van der Waals surface area contributed by atoms with E-state index in [9.17, 15) is 14.4 Å². The van der Waals surface area contributed by atoms with Gasteiger partial charge in [-0.05, 0) is 30.5 Å². The molecule has 1 saturated heterocycles. The van der Waals surface area contributed by atoms with Crippen molar-refractivity contribution in [2.45, 2.75) is 33.1 Å². The zero-order chi connectivity index (χ0) is 18.7. The highest BCUT2D eigenvalue weighted by Gasteiger charge is 2.28. The number of hydrogen-bond donors (Lipinski definition) is 1. The highest BCUT2D eigenvalue weighted by molar-refractivity contribution is 6.39. The van der Waals surface area contributed by atoms with E-state index in [4.69, 9.17) is 0 Å². The van der Waals surface area contributed by atoms with Gasteiger partial charge in [0.1, 0.15) is 5.71 Å². The molecule has 0 aliphatic carbocycles. The largest absolute Gasteiger partial charge is 0.339 e. The zero-order valence-electron chi connectivity index (χ0n) is 15.2. The number of aryl methyl sites for hydroxylation is 2. The van der Waals surface area contributed by atoms with Gasteiger partial charge >= 0.3 is 0 Å². The second-order valence-corrected chi connectivity index (χ2v) is 6.86. The fourth-order valence-corrected chi connectivity index (χ4v) is 3.17. The van der Waals surface area contributed by atoms with Crippen molar-refractivity contribution in [3.8, 4) is 0 Å². The third-order valence-electron chi connectivity index (χ3n) is 5.00. The van der Waals surface area contributed by atoms with Gasteiger partial charge in [-0.3, -0.25) is 14.4 Å². The number of amides is 3. The first-order valence-corrected chi connectivity index (χ1v) is 8.92. The van der Waals surface area contributed by atoms with Gasteiger partial charge in [-0.2, -0.15) is 5.10 Å². The molecule has 3 amide bonds. The van der Waals surface area contributed by atoms with E-state index >= 15 is 0 Å². The van der Waals surface area contributed by atoms with Crippen LogP contribution in [0.3, 0.4) is 0 Å². The van der Waals surface area contributed by atoms with Crippen LogP contribution in [0.4, 0.5) is 0 Å². The van der Waals surface area contributed by atoms with Gasteiger partial charge in [0.05, 0.1) is 6.42 Å². The fraction of sp³-hybridized carbons (Fsp3) is 0.474. The second-order valence-electron chi connectivity index (χ2n) is 6.86. The topological polar surface area (TPSA) is 82.1 Å². The average molecular weight is 356 g/mol. The molecule has 1 N–H and O–H groups in total. The Kier molecular flexibility index (Phi) is 5.35. The summed E-state index contributed by atoms with van der Waals surface area (Å²) in [5.41, 5.74) is 6.16. The van der Waals surface area contributed by atoms with Gasteiger partial charge in [-0.15, -0.1) is 0 Å². The Morgan fingerprint density at radius 1 is 1.04 bits per heavy atom. The Hall–Kier alpha value is -2.70. The second kappa shape index (κ2) is 7.68. The molecule has 0 atom stereocenters. The number of nitrogens with zero attached hydrogens (tertiary/aromatic N) is 3. The maximum atomic E-state index is 12.5. The summed E-state index contributed by atoms with van der Waals surface area (Å²) >= 11 is 0. The molecule has 7 nitrogen and oxygen atoms in total. The minimum absolute atomic E-state index is 0.0858. The molecule has 7 heteroatoms. The molecule has 0 radical (unpaired) electrons. The molecular formula is C19H24N4O3. The lowest BCUT2D eigenvalue weighted by atomic mass is 10.0. The molecule has 0 bridgehead atoms. The van der Waals surface area contributed by atoms with Crippen LogP contribution in [0.25, 0.3) is 0 Å². The van der Waals surface area contributed by atoms with Gasteiger partial charge in [-0.25, -0.2) is 5.43 Å². The van der Waals surface area contributed by atoms with Crippen molar-refractivity contribution < 1.29 is 14.4 Å². The van der Waals surface area contributed by atoms with E-state index in [1.165, 1.54) is 11.1 Å². The molecule has 0 unspecified atom stereocenters. The molecule has 3 rings (SSSR count). The van der Waals surface area contributed by atoms with Crippen molar-refractivity contribution in [3.05, 3.63) is 34.9 Å². The molecule has 26 heavy (non-hydrogen) atoms. The van der Waals surface area contributed by atoms with Crippen LogP contribution in [0.2, 0.25) is 0 Å². The summed E-state index contributed by atoms with van der Waals surface area (Å²) in [6.45, 7) is 6.13. The smallest absolute Gasteiger partial charge is 0.270 e. The molecule has 2 heterocycles. The molecule has 0 aromatic heterocycles. The summed E-state index contributed by atoms with van der Waals surface area (Å²) in [7, 11) is 0. The molecule has 138 valence electrons. The van der Waals surface area contributed by atoms with Crippen LogP contribution in [0.1, 0.15) is 29.5 Å². The van der Waals surface area contributed by atoms with E-state index in [1.54, 1.807) is 4.90 Å². The molecule has 0 saturated carbocycles. The molecule has 0 spiro atoms. The summed E-state index contributed by atoms with van der Waals surface area (Å²) in [6.07, 6.45) is 1.05. The molecule has 1 aromatic rings. The van der Waals surface area contributed by atoms with Crippen LogP contribution >= 0.6 is 0 Å². The molecule has 1 aromatic carbocycles. The minimum Gasteiger partial charge on any atom is -0.339 e. The number of hydrogen-bond acceptors (Lipinski definition) is 4. The number of nitrogens with one attached hydrogen (secondary N) is 1. The average Bonchev–Trinajstić information content (AvgIpc) is 2.65. The minimum atomic E-state index is -0.164. The van der Waals surface area contributed by atoms with E-state index < -0.39 is 0 Å². The number of hydrazone groups is 1. The number of carbonyl (C=O) groups is 3. The van der Waals surface area contributed by atoms with E-state index in [0.29, 0.717) is 51.2 Å². The maximum Gasteiger partial charge on any atom is 0.270 e. The number of carbonyl (C=O) groups excluding carboxylic acids is 3. The predicted molar refractivity (Wildman–Crippen MR) is 97.6 cm³/mol. The standard InChI is InChI=1S/C19H24N4O3/c1-13-3-4-15(11-14(13)2)12-18(25)22-7-9-23(10-8-22)19(26)16-5-6-17(24)21-20-16/h3-4,11H,5-10,12H2,1-2H3,(H,21,24). The lowest BCUT2D eigenvalue weighted by Crippen LogP contribution is -2.53. The van der Waals surface area contributed by atoms with Crippen molar-refractivity contribution in [2.24, 2.45) is 5.10 Å². The Morgan fingerprint density at radius 2 is 1.73 bits per heavy atom. The first-order chi connectivity index (χ1) is 12.4. The van der Waals surface area contributed by atoms with Crippen LogP contribution in [-0.2, 0) is 20.8 Å². The van der Waals surface area contributed by atoms with Gasteiger partial charge in [-0.1, -0.05) is 18.2 Å². The van der Waals surface area contributed by atoms with Gasteiger partial charge < -0.3 is 9.80 Å². The first kappa shape index (κ1) is 18.1. The van der Waals surface area contributed by atoms with Crippen molar-refractivity contribution in [1.82, 2.24) is 15.2 Å². The van der Waals surface area contributed by atoms with Crippen molar-refractivity contribution in [3.63, 3.8) is 0 Å². The van der Waals surface area contributed by atoms with Crippen molar-refractivity contribution in [2.75, 3.05) is 26.2 Å². The number of benzene rings is 1. The quantitative estimate of drug-likeness (QED) is 0.869.